The number of hydrogen-bond donors (Lipinski definition) is 3. The molecule has 0 saturated heterocycles. The molecule has 5 nitrogen and oxygen atoms in total. The Bertz CT molecular complexity index is 1740. The van der Waals surface area contributed by atoms with Gasteiger partial charge in [0, 0.05) is 22.2 Å². The average molecular weight is 534 g/mol. The van der Waals surface area contributed by atoms with E-state index in [2.05, 4.69) is 54.1 Å². The maximum absolute atomic E-state index is 13.5. The van der Waals surface area contributed by atoms with E-state index in [1.54, 1.807) is 18.2 Å². The van der Waals surface area contributed by atoms with Gasteiger partial charge in [0.25, 0.3) is 0 Å². The van der Waals surface area contributed by atoms with Gasteiger partial charge in [-0.25, -0.2) is 9.37 Å². The average Bonchev–Trinajstić information content (AvgIpc) is 3.54. The van der Waals surface area contributed by atoms with E-state index in [1.807, 2.05) is 56.4 Å². The topological polar surface area (TPSA) is 69.4 Å². The number of para-hydroxylation sites is 1. The lowest BCUT2D eigenvalue weighted by molar-refractivity contribution is 0.622. The molecular formula is C34H36FN5. The molecule has 0 atom stereocenters. The smallest absolute Gasteiger partial charge is 0.159 e. The quantitative estimate of drug-likeness (QED) is 0.191. The fourth-order valence-corrected chi connectivity index (χ4v) is 4.60. The van der Waals surface area contributed by atoms with Crippen molar-refractivity contribution in [1.82, 2.24) is 25.5 Å². The van der Waals surface area contributed by atoms with Crippen molar-refractivity contribution in [3.63, 3.8) is 0 Å². The summed E-state index contributed by atoms with van der Waals surface area (Å²) in [6, 6.07) is 12.3. The van der Waals surface area contributed by atoms with Gasteiger partial charge in [-0.15, -0.1) is 0 Å². The van der Waals surface area contributed by atoms with E-state index in [1.165, 1.54) is 12.1 Å². The van der Waals surface area contributed by atoms with Crippen LogP contribution in [0.25, 0.3) is 45.8 Å². The van der Waals surface area contributed by atoms with Crippen LogP contribution in [0.2, 0.25) is 0 Å². The lowest BCUT2D eigenvalue weighted by Crippen LogP contribution is -2.24. The van der Waals surface area contributed by atoms with Crippen LogP contribution in [0, 0.1) is 11.7 Å². The predicted molar refractivity (Wildman–Crippen MR) is 166 cm³/mol. The van der Waals surface area contributed by atoms with Crippen LogP contribution in [0.1, 0.15) is 34.1 Å². The second kappa shape index (κ2) is 12.4. The van der Waals surface area contributed by atoms with E-state index in [9.17, 15) is 4.39 Å². The van der Waals surface area contributed by atoms with Crippen LogP contribution in [0.4, 0.5) is 4.39 Å². The van der Waals surface area contributed by atoms with Gasteiger partial charge < -0.3 is 10.3 Å². The highest BCUT2D eigenvalue weighted by atomic mass is 19.1. The summed E-state index contributed by atoms with van der Waals surface area (Å²) >= 11 is 0. The van der Waals surface area contributed by atoms with Crippen molar-refractivity contribution in [1.29, 1.82) is 0 Å². The first-order chi connectivity index (χ1) is 19.2. The largest absolute Gasteiger partial charge is 0.359 e. The Morgan fingerprint density at radius 1 is 1.10 bits per heavy atom. The number of nitrogens with one attached hydrogen (secondary N) is 3. The molecule has 3 N–H and O–H groups in total. The molecule has 0 unspecified atom stereocenters. The standard InChI is InChI=1S/C34H36FN5/c1-8-24(20-27(9-2)36-23(7)18-21(4)5)22(6)19-29-30(10-3)39-40-33(29)34-37-31-13-11-12-28(32(31)38-34)25-14-16-26(35)17-15-25/h8-17,19-21,36,39H,2,6-7,18H2,1,3-5H3,(H,37,38)/b24-8+,27-20+,29-19+,30-10+. The van der Waals surface area contributed by atoms with Crippen molar-refractivity contribution in [2.75, 3.05) is 0 Å². The lowest BCUT2D eigenvalue weighted by Gasteiger charge is -2.13. The van der Waals surface area contributed by atoms with Crippen LogP contribution in [-0.2, 0) is 0 Å². The first-order valence-electron chi connectivity index (χ1n) is 13.4. The third-order valence-electron chi connectivity index (χ3n) is 6.52. The van der Waals surface area contributed by atoms with E-state index >= 15 is 0 Å². The fraction of sp³-hybridized carbons (Fsp3) is 0.176. The number of rotatable bonds is 10. The second-order valence-electron chi connectivity index (χ2n) is 10.0. The molecule has 204 valence electrons. The molecular weight excluding hydrogens is 497 g/mol. The van der Waals surface area contributed by atoms with Gasteiger partial charge in [0.1, 0.15) is 11.5 Å². The van der Waals surface area contributed by atoms with Gasteiger partial charge in [0.15, 0.2) is 5.82 Å². The van der Waals surface area contributed by atoms with E-state index in [0.29, 0.717) is 17.4 Å². The summed E-state index contributed by atoms with van der Waals surface area (Å²) in [4.78, 5) is 8.34. The minimum Gasteiger partial charge on any atom is -0.359 e. The maximum Gasteiger partial charge on any atom is 0.159 e. The molecule has 0 radical (unpaired) electrons. The van der Waals surface area contributed by atoms with Crippen LogP contribution in [-0.4, -0.2) is 20.2 Å². The first-order valence-corrected chi connectivity index (χ1v) is 13.4. The molecule has 0 fully saturated rings. The van der Waals surface area contributed by atoms with Crippen LogP contribution < -0.4 is 15.9 Å². The lowest BCUT2D eigenvalue weighted by atomic mass is 10.0. The summed E-state index contributed by atoms with van der Waals surface area (Å²) in [7, 11) is 0. The Labute approximate surface area is 235 Å². The summed E-state index contributed by atoms with van der Waals surface area (Å²) in [5.74, 6) is 0.860. The molecule has 0 aliphatic rings. The minimum absolute atomic E-state index is 0.272. The SMILES string of the molecule is C=C/C(=C\C(=C/C)C(=C)/C=c1/c(-c2nc3c(-c4ccc(F)cc4)cccc3[nH]2)n[nH]/c1=C/C)NC(=C)CC(C)C. The Morgan fingerprint density at radius 2 is 1.85 bits per heavy atom. The molecule has 2 aromatic carbocycles. The number of aromatic nitrogens is 4. The molecule has 0 amide bonds. The van der Waals surface area contributed by atoms with Crippen LogP contribution in [0.3, 0.4) is 0 Å². The van der Waals surface area contributed by atoms with Gasteiger partial charge in [-0.05, 0) is 79.3 Å². The number of benzene rings is 2. The third-order valence-corrected chi connectivity index (χ3v) is 6.52. The summed E-state index contributed by atoms with van der Waals surface area (Å²) in [6.07, 6.45) is 10.7. The van der Waals surface area contributed by atoms with E-state index < -0.39 is 0 Å². The number of fused-ring (bicyclic) bond motifs is 1. The van der Waals surface area contributed by atoms with Crippen molar-refractivity contribution in [3.8, 4) is 22.6 Å². The number of halogens is 1. The van der Waals surface area contributed by atoms with Crippen molar-refractivity contribution < 1.29 is 4.39 Å². The monoisotopic (exact) mass is 533 g/mol. The molecule has 2 aromatic heterocycles. The molecule has 0 aliphatic carbocycles. The van der Waals surface area contributed by atoms with Gasteiger partial charge in [-0.3, -0.25) is 5.10 Å². The van der Waals surface area contributed by atoms with Crippen molar-refractivity contribution >= 4 is 23.2 Å². The molecule has 4 rings (SSSR count). The van der Waals surface area contributed by atoms with Gasteiger partial charge >= 0.3 is 0 Å². The van der Waals surface area contributed by atoms with Crippen molar-refractivity contribution in [2.24, 2.45) is 5.92 Å². The normalized spacial score (nSPS) is 13.3. The third kappa shape index (κ3) is 6.29. The first kappa shape index (κ1) is 28.3. The number of nitrogens with zero attached hydrogens (tertiary/aromatic N) is 2. The number of hydrogen-bond acceptors (Lipinski definition) is 3. The number of imidazole rings is 1. The summed E-state index contributed by atoms with van der Waals surface area (Å²) < 4.78 is 13.5. The Morgan fingerprint density at radius 3 is 2.50 bits per heavy atom. The highest BCUT2D eigenvalue weighted by Crippen LogP contribution is 2.29. The molecule has 4 aromatic rings. The number of aromatic amines is 2. The zero-order valence-electron chi connectivity index (χ0n) is 23.6. The van der Waals surface area contributed by atoms with Gasteiger partial charge in [-0.1, -0.05) is 70.0 Å². The van der Waals surface area contributed by atoms with Crippen LogP contribution in [0.15, 0.2) is 103 Å². The molecule has 0 bridgehead atoms. The molecule has 0 spiro atoms. The Hall–Kier alpha value is -4.71. The van der Waals surface area contributed by atoms with E-state index in [-0.39, 0.29) is 5.82 Å². The molecule has 0 aliphatic heterocycles. The zero-order valence-corrected chi connectivity index (χ0v) is 23.6. The van der Waals surface area contributed by atoms with Gasteiger partial charge in [0.2, 0.25) is 0 Å². The molecule has 6 heteroatoms. The Kier molecular flexibility index (Phi) is 8.80. The molecule has 40 heavy (non-hydrogen) atoms. The highest BCUT2D eigenvalue weighted by Gasteiger charge is 2.14. The molecule has 0 saturated carbocycles. The number of allylic oxidation sites excluding steroid dienone is 6. The zero-order chi connectivity index (χ0) is 28.8. The summed E-state index contributed by atoms with van der Waals surface area (Å²) in [6.45, 7) is 20.7. The predicted octanol–water partition coefficient (Wildman–Crippen LogP) is 7.06. The van der Waals surface area contributed by atoms with Crippen molar-refractivity contribution in [2.45, 2.75) is 34.1 Å². The Balaban J connectivity index is 1.75. The van der Waals surface area contributed by atoms with E-state index in [4.69, 9.17) is 4.98 Å². The van der Waals surface area contributed by atoms with Crippen molar-refractivity contribution in [3.05, 3.63) is 119 Å². The van der Waals surface area contributed by atoms with Gasteiger partial charge in [-0.2, -0.15) is 5.10 Å². The summed E-state index contributed by atoms with van der Waals surface area (Å²) in [5.41, 5.74) is 7.70. The van der Waals surface area contributed by atoms with Crippen LogP contribution >= 0.6 is 0 Å². The van der Waals surface area contributed by atoms with Crippen LogP contribution in [0.5, 0.6) is 0 Å². The maximum atomic E-state index is 13.5. The highest BCUT2D eigenvalue weighted by molar-refractivity contribution is 5.93. The van der Waals surface area contributed by atoms with Gasteiger partial charge in [0.05, 0.1) is 16.4 Å². The summed E-state index contributed by atoms with van der Waals surface area (Å²) in [5, 5.41) is 12.8. The minimum atomic E-state index is -0.272. The molecule has 2 heterocycles. The fourth-order valence-electron chi connectivity index (χ4n) is 4.60. The second-order valence-corrected chi connectivity index (χ2v) is 10.0. The number of H-pyrrole nitrogens is 2. The van der Waals surface area contributed by atoms with E-state index in [0.717, 1.165) is 61.7 Å².